The van der Waals surface area contributed by atoms with Crippen molar-refractivity contribution >= 4 is 22.7 Å². The molecule has 1 aliphatic heterocycles. The van der Waals surface area contributed by atoms with Gasteiger partial charge in [-0.2, -0.15) is 0 Å². The van der Waals surface area contributed by atoms with Gasteiger partial charge in [0.15, 0.2) is 5.76 Å². The van der Waals surface area contributed by atoms with Crippen LogP contribution < -0.4 is 15.0 Å². The molecule has 1 N–H and O–H groups in total. The van der Waals surface area contributed by atoms with Crippen LogP contribution in [0.3, 0.4) is 0 Å². The second-order valence-electron chi connectivity index (χ2n) is 6.82. The fourth-order valence-electron chi connectivity index (χ4n) is 3.46. The zero-order valence-corrected chi connectivity index (χ0v) is 15.6. The summed E-state index contributed by atoms with van der Waals surface area (Å²) in [6.07, 6.45) is 4.27. The largest absolute Gasteiger partial charge is 0.497 e. The number of amides is 1. The molecule has 6 nitrogen and oxygen atoms in total. The molecule has 1 aliphatic rings. The van der Waals surface area contributed by atoms with E-state index in [1.54, 1.807) is 7.11 Å². The quantitative estimate of drug-likeness (QED) is 0.747. The van der Waals surface area contributed by atoms with Crippen molar-refractivity contribution < 1.29 is 13.9 Å². The van der Waals surface area contributed by atoms with Crippen molar-refractivity contribution in [1.82, 2.24) is 10.3 Å². The lowest BCUT2D eigenvalue weighted by Crippen LogP contribution is -2.23. The van der Waals surface area contributed by atoms with Crippen LogP contribution in [-0.4, -0.2) is 31.1 Å². The molecule has 0 saturated carbocycles. The second kappa shape index (κ2) is 7.31. The zero-order chi connectivity index (χ0) is 18.8. The minimum Gasteiger partial charge on any atom is -0.497 e. The third-order valence-corrected chi connectivity index (χ3v) is 5.04. The third kappa shape index (κ3) is 3.47. The van der Waals surface area contributed by atoms with Crippen LogP contribution in [-0.2, 0) is 6.54 Å². The van der Waals surface area contributed by atoms with Gasteiger partial charge in [-0.15, -0.1) is 0 Å². The summed E-state index contributed by atoms with van der Waals surface area (Å²) in [5.74, 6) is 1.85. The van der Waals surface area contributed by atoms with Gasteiger partial charge in [0.05, 0.1) is 7.11 Å². The Morgan fingerprint density at radius 3 is 2.78 bits per heavy atom. The number of carbonyl (C=O) groups is 1. The Morgan fingerprint density at radius 1 is 1.26 bits per heavy atom. The van der Waals surface area contributed by atoms with Gasteiger partial charge in [0.1, 0.15) is 17.2 Å². The standard InChI is InChI=1S/C21H23N3O3/c1-14-17-11-16(26-2)6-7-18(17)27-20(14)21(25)23-13-15-5-8-19(22-12-15)24-9-3-4-10-24/h5-8,11-12H,3-4,9-10,13H2,1-2H3,(H,23,25). The Labute approximate surface area is 158 Å². The Kier molecular flexibility index (Phi) is 4.71. The fourth-order valence-corrected chi connectivity index (χ4v) is 3.46. The van der Waals surface area contributed by atoms with Crippen molar-refractivity contribution in [2.45, 2.75) is 26.3 Å². The van der Waals surface area contributed by atoms with Gasteiger partial charge in [0, 0.05) is 36.8 Å². The van der Waals surface area contributed by atoms with E-state index in [-0.39, 0.29) is 5.91 Å². The van der Waals surface area contributed by atoms with Crippen molar-refractivity contribution in [3.63, 3.8) is 0 Å². The summed E-state index contributed by atoms with van der Waals surface area (Å²) < 4.78 is 11.0. The Balaban J connectivity index is 1.44. The molecular weight excluding hydrogens is 342 g/mol. The molecule has 3 heterocycles. The highest BCUT2D eigenvalue weighted by Crippen LogP contribution is 2.28. The van der Waals surface area contributed by atoms with Crippen LogP contribution in [0.15, 0.2) is 40.9 Å². The molecule has 4 rings (SSSR count). The van der Waals surface area contributed by atoms with Crippen molar-refractivity contribution in [3.05, 3.63) is 53.4 Å². The third-order valence-electron chi connectivity index (χ3n) is 5.04. The first kappa shape index (κ1) is 17.4. The monoisotopic (exact) mass is 365 g/mol. The first-order valence-corrected chi connectivity index (χ1v) is 9.21. The van der Waals surface area contributed by atoms with Crippen molar-refractivity contribution in [2.24, 2.45) is 0 Å². The average Bonchev–Trinajstić information content (AvgIpc) is 3.35. The summed E-state index contributed by atoms with van der Waals surface area (Å²) in [5.41, 5.74) is 2.45. The molecule has 0 unspecified atom stereocenters. The maximum absolute atomic E-state index is 12.6. The normalized spacial score (nSPS) is 13.9. The average molecular weight is 365 g/mol. The van der Waals surface area contributed by atoms with E-state index in [1.807, 2.05) is 43.5 Å². The molecule has 1 amide bonds. The molecular formula is C21H23N3O3. The number of pyridine rings is 1. The molecule has 0 aliphatic carbocycles. The van der Waals surface area contributed by atoms with Gasteiger partial charge in [0.2, 0.25) is 0 Å². The van der Waals surface area contributed by atoms with Gasteiger partial charge in [-0.1, -0.05) is 6.07 Å². The highest BCUT2D eigenvalue weighted by Gasteiger charge is 2.18. The molecule has 0 atom stereocenters. The summed E-state index contributed by atoms with van der Waals surface area (Å²) >= 11 is 0. The summed E-state index contributed by atoms with van der Waals surface area (Å²) in [5, 5.41) is 3.80. The molecule has 140 valence electrons. The number of furan rings is 1. The molecule has 3 aromatic rings. The maximum atomic E-state index is 12.6. The number of methoxy groups -OCH3 is 1. The van der Waals surface area contributed by atoms with Crippen molar-refractivity contribution in [2.75, 3.05) is 25.1 Å². The highest BCUT2D eigenvalue weighted by atomic mass is 16.5. The van der Waals surface area contributed by atoms with E-state index in [4.69, 9.17) is 9.15 Å². The van der Waals surface area contributed by atoms with E-state index in [2.05, 4.69) is 15.2 Å². The van der Waals surface area contributed by atoms with E-state index in [0.29, 0.717) is 17.9 Å². The van der Waals surface area contributed by atoms with E-state index in [9.17, 15) is 4.79 Å². The number of fused-ring (bicyclic) bond motifs is 1. The molecule has 0 bridgehead atoms. The van der Waals surface area contributed by atoms with Gasteiger partial charge in [-0.3, -0.25) is 4.79 Å². The van der Waals surface area contributed by atoms with Crippen LogP contribution in [0.2, 0.25) is 0 Å². The van der Waals surface area contributed by atoms with E-state index < -0.39 is 0 Å². The van der Waals surface area contributed by atoms with Crippen LogP contribution in [0.4, 0.5) is 5.82 Å². The molecule has 0 spiro atoms. The summed E-state index contributed by atoms with van der Waals surface area (Å²) in [6.45, 7) is 4.43. The lowest BCUT2D eigenvalue weighted by atomic mass is 10.1. The zero-order valence-electron chi connectivity index (χ0n) is 15.6. The Hall–Kier alpha value is -3.02. The SMILES string of the molecule is COc1ccc2oc(C(=O)NCc3ccc(N4CCCC4)nc3)c(C)c2c1. The first-order chi connectivity index (χ1) is 13.2. The topological polar surface area (TPSA) is 67.6 Å². The minimum atomic E-state index is -0.230. The van der Waals surface area contributed by atoms with Crippen LogP contribution in [0.5, 0.6) is 5.75 Å². The number of hydrogen-bond donors (Lipinski definition) is 1. The number of carbonyl (C=O) groups excluding carboxylic acids is 1. The van der Waals surface area contributed by atoms with Gasteiger partial charge in [-0.05, 0) is 49.6 Å². The van der Waals surface area contributed by atoms with Crippen molar-refractivity contribution in [3.8, 4) is 5.75 Å². The van der Waals surface area contributed by atoms with E-state index in [1.165, 1.54) is 12.8 Å². The number of ether oxygens (including phenoxy) is 1. The van der Waals surface area contributed by atoms with Gasteiger partial charge in [0.25, 0.3) is 5.91 Å². The van der Waals surface area contributed by atoms with Crippen molar-refractivity contribution in [1.29, 1.82) is 0 Å². The predicted octanol–water partition coefficient (Wildman–Crippen LogP) is 3.68. The highest BCUT2D eigenvalue weighted by molar-refractivity contribution is 5.99. The Morgan fingerprint density at radius 2 is 2.07 bits per heavy atom. The van der Waals surface area contributed by atoms with E-state index >= 15 is 0 Å². The molecule has 1 aromatic carbocycles. The van der Waals surface area contributed by atoms with Crippen LogP contribution in [0.1, 0.15) is 34.5 Å². The van der Waals surface area contributed by atoms with Gasteiger partial charge in [-0.25, -0.2) is 4.98 Å². The number of aryl methyl sites for hydroxylation is 1. The second-order valence-corrected chi connectivity index (χ2v) is 6.82. The molecule has 27 heavy (non-hydrogen) atoms. The molecule has 1 fully saturated rings. The lowest BCUT2D eigenvalue weighted by Gasteiger charge is -2.16. The van der Waals surface area contributed by atoms with E-state index in [0.717, 1.165) is 41.2 Å². The summed E-state index contributed by atoms with van der Waals surface area (Å²) in [6, 6.07) is 9.55. The maximum Gasteiger partial charge on any atom is 0.287 e. The molecule has 0 radical (unpaired) electrons. The van der Waals surface area contributed by atoms with Crippen LogP contribution >= 0.6 is 0 Å². The molecule has 1 saturated heterocycles. The smallest absolute Gasteiger partial charge is 0.287 e. The molecule has 2 aromatic heterocycles. The number of nitrogens with zero attached hydrogens (tertiary/aromatic N) is 2. The fraction of sp³-hybridized carbons (Fsp3) is 0.333. The number of hydrogen-bond acceptors (Lipinski definition) is 5. The van der Waals surface area contributed by atoms with Crippen LogP contribution in [0, 0.1) is 6.92 Å². The van der Waals surface area contributed by atoms with Crippen LogP contribution in [0.25, 0.3) is 11.0 Å². The number of anilines is 1. The number of rotatable bonds is 5. The Bertz CT molecular complexity index is 957. The summed E-state index contributed by atoms with van der Waals surface area (Å²) in [4.78, 5) is 19.4. The first-order valence-electron chi connectivity index (χ1n) is 9.21. The lowest BCUT2D eigenvalue weighted by molar-refractivity contribution is 0.0924. The number of benzene rings is 1. The number of aromatic nitrogens is 1. The predicted molar refractivity (Wildman–Crippen MR) is 104 cm³/mol. The molecule has 6 heteroatoms. The van der Waals surface area contributed by atoms with Gasteiger partial charge >= 0.3 is 0 Å². The van der Waals surface area contributed by atoms with Gasteiger partial charge < -0.3 is 19.4 Å². The summed E-state index contributed by atoms with van der Waals surface area (Å²) in [7, 11) is 1.62. The minimum absolute atomic E-state index is 0.230. The number of nitrogens with one attached hydrogen (secondary N) is 1.